The second kappa shape index (κ2) is 7.62. The van der Waals surface area contributed by atoms with Gasteiger partial charge in [0.15, 0.2) is 11.5 Å². The van der Waals surface area contributed by atoms with Gasteiger partial charge in [-0.15, -0.1) is 0 Å². The number of anilines is 1. The number of para-hydroxylation sites is 1. The molecule has 1 aromatic heterocycles. The van der Waals surface area contributed by atoms with Crippen LogP contribution in [0.4, 0.5) is 10.5 Å². The number of ether oxygens (including phenoxy) is 2. The Morgan fingerprint density at radius 2 is 1.97 bits per heavy atom. The van der Waals surface area contributed by atoms with Gasteiger partial charge in [0.1, 0.15) is 6.54 Å². The molecule has 2 aliphatic heterocycles. The second-order valence-electron chi connectivity index (χ2n) is 7.35. The van der Waals surface area contributed by atoms with E-state index in [1.807, 2.05) is 30.5 Å². The van der Waals surface area contributed by atoms with Gasteiger partial charge < -0.3 is 24.7 Å². The maximum Gasteiger partial charge on any atom is 0.325 e. The van der Waals surface area contributed by atoms with Crippen LogP contribution < -0.4 is 19.7 Å². The molecule has 0 spiro atoms. The summed E-state index contributed by atoms with van der Waals surface area (Å²) in [6, 6.07) is 13.3. The topological polar surface area (TPSA) is 86.9 Å². The third kappa shape index (κ3) is 3.41. The number of fused-ring (bicyclic) bond motifs is 2. The first-order valence-corrected chi connectivity index (χ1v) is 9.97. The highest BCUT2D eigenvalue weighted by atomic mass is 16.7. The molecule has 30 heavy (non-hydrogen) atoms. The van der Waals surface area contributed by atoms with E-state index in [2.05, 4.69) is 16.4 Å². The Kier molecular flexibility index (Phi) is 4.66. The number of amides is 3. The molecular weight excluding hydrogens is 384 g/mol. The van der Waals surface area contributed by atoms with E-state index in [0.717, 1.165) is 23.2 Å². The van der Waals surface area contributed by atoms with Gasteiger partial charge in [-0.3, -0.25) is 9.69 Å². The smallest absolute Gasteiger partial charge is 0.325 e. The van der Waals surface area contributed by atoms with Crippen LogP contribution in [0.15, 0.2) is 48.7 Å². The summed E-state index contributed by atoms with van der Waals surface area (Å²) in [6.45, 7) is 1.80. The van der Waals surface area contributed by atoms with Gasteiger partial charge in [-0.1, -0.05) is 18.2 Å². The minimum absolute atomic E-state index is 0.0494. The van der Waals surface area contributed by atoms with Crippen molar-refractivity contribution in [3.63, 3.8) is 0 Å². The van der Waals surface area contributed by atoms with Gasteiger partial charge in [0.2, 0.25) is 12.7 Å². The van der Waals surface area contributed by atoms with E-state index in [1.54, 1.807) is 21.9 Å². The molecule has 3 aromatic rings. The van der Waals surface area contributed by atoms with E-state index >= 15 is 0 Å². The zero-order valence-corrected chi connectivity index (χ0v) is 16.4. The van der Waals surface area contributed by atoms with Crippen molar-refractivity contribution in [1.82, 2.24) is 15.2 Å². The SMILES string of the molecule is O=C(CN1CCN(c2ccc3c(c2)OCO3)C1=O)NCCc1c[nH]c2ccccc12. The van der Waals surface area contributed by atoms with E-state index in [0.29, 0.717) is 31.1 Å². The van der Waals surface area contributed by atoms with Gasteiger partial charge in [0, 0.05) is 48.5 Å². The van der Waals surface area contributed by atoms with Gasteiger partial charge in [-0.05, 0) is 30.2 Å². The summed E-state index contributed by atoms with van der Waals surface area (Å²) >= 11 is 0. The summed E-state index contributed by atoms with van der Waals surface area (Å²) in [7, 11) is 0. The Labute approximate surface area is 173 Å². The molecule has 0 radical (unpaired) electrons. The van der Waals surface area contributed by atoms with Crippen molar-refractivity contribution >= 4 is 28.5 Å². The predicted octanol–water partition coefficient (Wildman–Crippen LogP) is 2.50. The van der Waals surface area contributed by atoms with Gasteiger partial charge in [-0.2, -0.15) is 0 Å². The molecule has 0 unspecified atom stereocenters. The van der Waals surface area contributed by atoms with Gasteiger partial charge in [0.25, 0.3) is 0 Å². The number of H-pyrrole nitrogens is 1. The zero-order chi connectivity index (χ0) is 20.5. The monoisotopic (exact) mass is 406 g/mol. The van der Waals surface area contributed by atoms with Crippen molar-refractivity contribution in [3.05, 3.63) is 54.2 Å². The Bertz CT molecular complexity index is 1110. The Morgan fingerprint density at radius 1 is 1.10 bits per heavy atom. The summed E-state index contributed by atoms with van der Waals surface area (Å²) in [5.74, 6) is 1.15. The molecule has 2 aliphatic rings. The lowest BCUT2D eigenvalue weighted by Gasteiger charge is -2.18. The fourth-order valence-corrected chi connectivity index (χ4v) is 3.93. The Morgan fingerprint density at radius 3 is 2.90 bits per heavy atom. The lowest BCUT2D eigenvalue weighted by Crippen LogP contribution is -2.40. The van der Waals surface area contributed by atoms with Crippen LogP contribution in [-0.2, 0) is 11.2 Å². The lowest BCUT2D eigenvalue weighted by molar-refractivity contribution is -0.121. The summed E-state index contributed by atoms with van der Waals surface area (Å²) in [5.41, 5.74) is 2.99. The number of urea groups is 1. The van der Waals surface area contributed by atoms with Crippen LogP contribution in [0, 0.1) is 0 Å². The third-order valence-electron chi connectivity index (χ3n) is 5.49. The number of carbonyl (C=O) groups is 2. The highest BCUT2D eigenvalue weighted by Crippen LogP contribution is 2.36. The fraction of sp³-hybridized carbons (Fsp3) is 0.273. The maximum atomic E-state index is 12.7. The van der Waals surface area contributed by atoms with Crippen molar-refractivity contribution in [3.8, 4) is 11.5 Å². The molecule has 2 N–H and O–H groups in total. The number of aromatic nitrogens is 1. The molecule has 8 nitrogen and oxygen atoms in total. The van der Waals surface area contributed by atoms with E-state index in [4.69, 9.17) is 9.47 Å². The minimum atomic E-state index is -0.180. The number of rotatable bonds is 6. The van der Waals surface area contributed by atoms with Crippen molar-refractivity contribution < 1.29 is 19.1 Å². The average Bonchev–Trinajstić information content (AvgIpc) is 3.47. The molecule has 0 saturated carbocycles. The summed E-state index contributed by atoms with van der Waals surface area (Å²) in [4.78, 5) is 31.6. The zero-order valence-electron chi connectivity index (χ0n) is 16.4. The van der Waals surface area contributed by atoms with Gasteiger partial charge in [0.05, 0.1) is 0 Å². The molecule has 0 aliphatic carbocycles. The van der Waals surface area contributed by atoms with Crippen LogP contribution in [0.1, 0.15) is 5.56 Å². The number of nitrogens with zero attached hydrogens (tertiary/aromatic N) is 2. The third-order valence-corrected chi connectivity index (χ3v) is 5.49. The van der Waals surface area contributed by atoms with E-state index in [-0.39, 0.29) is 25.3 Å². The molecule has 8 heteroatoms. The minimum Gasteiger partial charge on any atom is -0.454 e. The Hall–Kier alpha value is -3.68. The van der Waals surface area contributed by atoms with Crippen LogP contribution in [-0.4, -0.2) is 54.8 Å². The van der Waals surface area contributed by atoms with E-state index < -0.39 is 0 Å². The largest absolute Gasteiger partial charge is 0.454 e. The summed E-state index contributed by atoms with van der Waals surface area (Å²) in [5, 5.41) is 4.09. The second-order valence-corrected chi connectivity index (χ2v) is 7.35. The van der Waals surface area contributed by atoms with Crippen molar-refractivity contribution in [2.24, 2.45) is 0 Å². The van der Waals surface area contributed by atoms with E-state index in [9.17, 15) is 9.59 Å². The summed E-state index contributed by atoms with van der Waals surface area (Å²) in [6.07, 6.45) is 2.71. The van der Waals surface area contributed by atoms with Crippen LogP contribution >= 0.6 is 0 Å². The molecule has 0 bridgehead atoms. The average molecular weight is 406 g/mol. The van der Waals surface area contributed by atoms with E-state index in [1.165, 1.54) is 5.39 Å². The standard InChI is InChI=1S/C22H22N4O4/c27-21(23-8-7-15-12-24-18-4-2-1-3-17(15)18)13-25-9-10-26(22(25)28)16-5-6-19-20(11-16)30-14-29-19/h1-6,11-12,24H,7-10,13-14H2,(H,23,27). The van der Waals surface area contributed by atoms with Gasteiger partial charge in [-0.25, -0.2) is 4.79 Å². The first-order chi connectivity index (χ1) is 14.7. The molecule has 154 valence electrons. The molecule has 1 fully saturated rings. The number of aromatic amines is 1. The fourth-order valence-electron chi connectivity index (χ4n) is 3.93. The van der Waals surface area contributed by atoms with Crippen LogP contribution in [0.25, 0.3) is 10.9 Å². The predicted molar refractivity (Wildman–Crippen MR) is 112 cm³/mol. The van der Waals surface area contributed by atoms with Crippen LogP contribution in [0.3, 0.4) is 0 Å². The van der Waals surface area contributed by atoms with Crippen molar-refractivity contribution in [1.29, 1.82) is 0 Å². The summed E-state index contributed by atoms with van der Waals surface area (Å²) < 4.78 is 10.7. The normalized spacial score (nSPS) is 15.3. The number of nitrogens with one attached hydrogen (secondary N) is 2. The Balaban J connectivity index is 1.14. The maximum absolute atomic E-state index is 12.7. The first-order valence-electron chi connectivity index (χ1n) is 9.97. The van der Waals surface area contributed by atoms with Crippen LogP contribution in [0.2, 0.25) is 0 Å². The molecular formula is C22H22N4O4. The molecule has 3 amide bonds. The van der Waals surface area contributed by atoms with Gasteiger partial charge >= 0.3 is 6.03 Å². The van der Waals surface area contributed by atoms with Crippen molar-refractivity contribution in [2.45, 2.75) is 6.42 Å². The molecule has 3 heterocycles. The number of hydrogen-bond acceptors (Lipinski definition) is 4. The van der Waals surface area contributed by atoms with Crippen molar-refractivity contribution in [2.75, 3.05) is 37.9 Å². The number of benzene rings is 2. The highest BCUT2D eigenvalue weighted by molar-refractivity contribution is 5.96. The lowest BCUT2D eigenvalue weighted by atomic mass is 10.1. The van der Waals surface area contributed by atoms with Crippen LogP contribution in [0.5, 0.6) is 11.5 Å². The molecule has 1 saturated heterocycles. The molecule has 0 atom stereocenters. The molecule has 2 aromatic carbocycles. The molecule has 5 rings (SSSR count). The highest BCUT2D eigenvalue weighted by Gasteiger charge is 2.31. The first kappa shape index (κ1) is 18.4. The quantitative estimate of drug-likeness (QED) is 0.659. The number of hydrogen-bond donors (Lipinski definition) is 2. The number of carbonyl (C=O) groups excluding carboxylic acids is 2.